The Kier molecular flexibility index (Phi) is 5.25. The minimum atomic E-state index is -0.237. The summed E-state index contributed by atoms with van der Waals surface area (Å²) in [5, 5.41) is 5.93. The molecule has 0 saturated carbocycles. The van der Waals surface area contributed by atoms with Crippen LogP contribution in [-0.2, 0) is 9.53 Å². The summed E-state index contributed by atoms with van der Waals surface area (Å²) < 4.78 is 5.22. The predicted molar refractivity (Wildman–Crippen MR) is 64.9 cm³/mol. The van der Waals surface area contributed by atoms with Crippen molar-refractivity contribution in [1.82, 2.24) is 5.32 Å². The SMILES string of the molecule is Cl.O=C(Nc1ccccc1)C1COCCN1. The molecule has 1 aromatic carbocycles. The van der Waals surface area contributed by atoms with E-state index in [9.17, 15) is 4.79 Å². The Bertz CT molecular complexity index is 326. The van der Waals surface area contributed by atoms with Crippen molar-refractivity contribution < 1.29 is 9.53 Å². The van der Waals surface area contributed by atoms with E-state index in [0.29, 0.717) is 13.2 Å². The molecule has 0 aromatic heterocycles. The standard InChI is InChI=1S/C11H14N2O2.ClH/c14-11(10-8-15-7-6-12-10)13-9-4-2-1-3-5-9;/h1-5,10,12H,6-8H2,(H,13,14);1H. The van der Waals surface area contributed by atoms with E-state index in [-0.39, 0.29) is 24.4 Å². The number of anilines is 1. The molecule has 0 bridgehead atoms. The second-order valence-electron chi connectivity index (χ2n) is 3.44. The number of hydrogen-bond acceptors (Lipinski definition) is 3. The van der Waals surface area contributed by atoms with Crippen LogP contribution in [0.2, 0.25) is 0 Å². The summed E-state index contributed by atoms with van der Waals surface area (Å²) in [5.74, 6) is -0.0408. The van der Waals surface area contributed by atoms with E-state index in [1.165, 1.54) is 0 Å². The first-order valence-electron chi connectivity index (χ1n) is 5.03. The van der Waals surface area contributed by atoms with Crippen LogP contribution in [0.4, 0.5) is 5.69 Å². The number of para-hydroxylation sites is 1. The molecule has 88 valence electrons. The van der Waals surface area contributed by atoms with Crippen LogP contribution >= 0.6 is 12.4 Å². The Morgan fingerprint density at radius 1 is 1.38 bits per heavy atom. The molecule has 1 aliphatic rings. The lowest BCUT2D eigenvalue weighted by Gasteiger charge is -2.22. The number of rotatable bonds is 2. The highest BCUT2D eigenvalue weighted by molar-refractivity contribution is 5.94. The van der Waals surface area contributed by atoms with E-state index in [0.717, 1.165) is 12.2 Å². The fraction of sp³-hybridized carbons (Fsp3) is 0.364. The van der Waals surface area contributed by atoms with E-state index >= 15 is 0 Å². The number of carbonyl (C=O) groups is 1. The first kappa shape index (κ1) is 13.0. The van der Waals surface area contributed by atoms with Crippen LogP contribution in [0.1, 0.15) is 0 Å². The average Bonchev–Trinajstić information content (AvgIpc) is 2.31. The fourth-order valence-corrected chi connectivity index (χ4v) is 1.48. The minimum Gasteiger partial charge on any atom is -0.378 e. The van der Waals surface area contributed by atoms with Gasteiger partial charge in [0.2, 0.25) is 5.91 Å². The van der Waals surface area contributed by atoms with Crippen molar-refractivity contribution >= 4 is 24.0 Å². The van der Waals surface area contributed by atoms with Crippen LogP contribution < -0.4 is 10.6 Å². The molecule has 2 rings (SSSR count). The van der Waals surface area contributed by atoms with Gasteiger partial charge >= 0.3 is 0 Å². The molecule has 1 saturated heterocycles. The summed E-state index contributed by atoms with van der Waals surface area (Å²) in [7, 11) is 0. The maximum Gasteiger partial charge on any atom is 0.243 e. The molecule has 1 aromatic rings. The number of carbonyl (C=O) groups excluding carboxylic acids is 1. The molecule has 1 atom stereocenters. The maximum atomic E-state index is 11.7. The fourth-order valence-electron chi connectivity index (χ4n) is 1.48. The zero-order chi connectivity index (χ0) is 10.5. The van der Waals surface area contributed by atoms with Crippen molar-refractivity contribution in [2.45, 2.75) is 6.04 Å². The van der Waals surface area contributed by atoms with Gasteiger partial charge in [-0.15, -0.1) is 12.4 Å². The van der Waals surface area contributed by atoms with Gasteiger partial charge in [0.05, 0.1) is 13.2 Å². The van der Waals surface area contributed by atoms with E-state index in [1.54, 1.807) is 0 Å². The first-order chi connectivity index (χ1) is 7.36. The Labute approximate surface area is 101 Å². The van der Waals surface area contributed by atoms with E-state index in [4.69, 9.17) is 4.74 Å². The van der Waals surface area contributed by atoms with Gasteiger partial charge in [0.15, 0.2) is 0 Å². The normalized spacial score (nSPS) is 19.6. The van der Waals surface area contributed by atoms with Gasteiger partial charge in [-0.25, -0.2) is 0 Å². The van der Waals surface area contributed by atoms with Crippen LogP contribution in [0.15, 0.2) is 30.3 Å². The van der Waals surface area contributed by atoms with Crippen molar-refractivity contribution in [3.05, 3.63) is 30.3 Å². The lowest BCUT2D eigenvalue weighted by atomic mass is 10.2. The van der Waals surface area contributed by atoms with Gasteiger partial charge in [-0.1, -0.05) is 18.2 Å². The third kappa shape index (κ3) is 3.48. The molecular formula is C11H15ClN2O2. The van der Waals surface area contributed by atoms with E-state index in [2.05, 4.69) is 10.6 Å². The number of hydrogen-bond donors (Lipinski definition) is 2. The zero-order valence-electron chi connectivity index (χ0n) is 8.81. The maximum absolute atomic E-state index is 11.7. The van der Waals surface area contributed by atoms with Gasteiger partial charge in [-0.2, -0.15) is 0 Å². The van der Waals surface area contributed by atoms with Crippen molar-refractivity contribution in [2.24, 2.45) is 0 Å². The van der Waals surface area contributed by atoms with Crippen molar-refractivity contribution in [1.29, 1.82) is 0 Å². The van der Waals surface area contributed by atoms with Crippen LogP contribution in [-0.4, -0.2) is 31.7 Å². The van der Waals surface area contributed by atoms with Crippen LogP contribution in [0.5, 0.6) is 0 Å². The Balaban J connectivity index is 0.00000128. The minimum absolute atomic E-state index is 0. The average molecular weight is 243 g/mol. The lowest BCUT2D eigenvalue weighted by Crippen LogP contribution is -2.48. The van der Waals surface area contributed by atoms with Crippen LogP contribution in [0.3, 0.4) is 0 Å². The molecule has 1 amide bonds. The topological polar surface area (TPSA) is 50.4 Å². The predicted octanol–water partition coefficient (Wildman–Crippen LogP) is 1.04. The molecule has 1 heterocycles. The molecule has 0 spiro atoms. The lowest BCUT2D eigenvalue weighted by molar-refractivity contribution is -0.120. The molecule has 1 unspecified atom stereocenters. The van der Waals surface area contributed by atoms with E-state index in [1.807, 2.05) is 30.3 Å². The van der Waals surface area contributed by atoms with Gasteiger partial charge in [0.1, 0.15) is 6.04 Å². The van der Waals surface area contributed by atoms with Crippen molar-refractivity contribution in [2.75, 3.05) is 25.1 Å². The summed E-state index contributed by atoms with van der Waals surface area (Å²) in [6.45, 7) is 1.85. The second kappa shape index (κ2) is 6.48. The number of morpholine rings is 1. The number of ether oxygens (including phenoxy) is 1. The summed E-state index contributed by atoms with van der Waals surface area (Å²) in [6.07, 6.45) is 0. The zero-order valence-corrected chi connectivity index (χ0v) is 9.63. The van der Waals surface area contributed by atoms with Gasteiger partial charge in [-0.3, -0.25) is 4.79 Å². The third-order valence-electron chi connectivity index (χ3n) is 2.28. The molecular weight excluding hydrogens is 228 g/mol. The number of benzene rings is 1. The molecule has 0 aliphatic carbocycles. The Morgan fingerprint density at radius 3 is 2.75 bits per heavy atom. The van der Waals surface area contributed by atoms with Gasteiger partial charge in [-0.05, 0) is 12.1 Å². The highest BCUT2D eigenvalue weighted by Crippen LogP contribution is 2.06. The molecule has 16 heavy (non-hydrogen) atoms. The summed E-state index contributed by atoms with van der Waals surface area (Å²) >= 11 is 0. The van der Waals surface area contributed by atoms with Gasteiger partial charge in [0, 0.05) is 12.2 Å². The Hall–Kier alpha value is -1.10. The summed E-state index contributed by atoms with van der Waals surface area (Å²) in [5.41, 5.74) is 0.815. The molecule has 5 heteroatoms. The molecule has 1 aliphatic heterocycles. The Morgan fingerprint density at radius 2 is 2.12 bits per heavy atom. The molecule has 4 nitrogen and oxygen atoms in total. The first-order valence-corrected chi connectivity index (χ1v) is 5.03. The second-order valence-corrected chi connectivity index (χ2v) is 3.44. The molecule has 1 fully saturated rings. The van der Waals surface area contributed by atoms with Crippen LogP contribution in [0.25, 0.3) is 0 Å². The summed E-state index contributed by atoms with van der Waals surface area (Å²) in [4.78, 5) is 11.7. The quantitative estimate of drug-likeness (QED) is 0.815. The highest BCUT2D eigenvalue weighted by atomic mass is 35.5. The smallest absolute Gasteiger partial charge is 0.243 e. The monoisotopic (exact) mass is 242 g/mol. The van der Waals surface area contributed by atoms with E-state index < -0.39 is 0 Å². The number of halogens is 1. The van der Waals surface area contributed by atoms with Gasteiger partial charge < -0.3 is 15.4 Å². The summed E-state index contributed by atoms with van der Waals surface area (Å²) in [6, 6.07) is 9.18. The highest BCUT2D eigenvalue weighted by Gasteiger charge is 2.20. The van der Waals surface area contributed by atoms with Crippen molar-refractivity contribution in [3.8, 4) is 0 Å². The molecule has 0 radical (unpaired) electrons. The van der Waals surface area contributed by atoms with Crippen LogP contribution in [0, 0.1) is 0 Å². The largest absolute Gasteiger partial charge is 0.378 e. The van der Waals surface area contributed by atoms with Gasteiger partial charge in [0.25, 0.3) is 0 Å². The third-order valence-corrected chi connectivity index (χ3v) is 2.28. The number of amides is 1. The van der Waals surface area contributed by atoms with Crippen molar-refractivity contribution in [3.63, 3.8) is 0 Å². The molecule has 2 N–H and O–H groups in total. The number of nitrogens with one attached hydrogen (secondary N) is 2.